The van der Waals surface area contributed by atoms with Gasteiger partial charge < -0.3 is 4.57 Å². The summed E-state index contributed by atoms with van der Waals surface area (Å²) in [4.78, 5) is 35.5. The SMILES string of the molecule is CCn1c(C)c(C(C)=O)c2c1C=C(C)C(=O)C2=O. The van der Waals surface area contributed by atoms with Crippen molar-refractivity contribution < 1.29 is 14.4 Å². The lowest BCUT2D eigenvalue weighted by atomic mass is 9.91. The zero-order valence-corrected chi connectivity index (χ0v) is 11.0. The molecule has 1 heterocycles. The second kappa shape index (κ2) is 4.05. The lowest BCUT2D eigenvalue weighted by Crippen LogP contribution is -2.22. The van der Waals surface area contributed by atoms with Gasteiger partial charge in [0.15, 0.2) is 5.78 Å². The highest BCUT2D eigenvalue weighted by Gasteiger charge is 2.33. The van der Waals surface area contributed by atoms with E-state index in [1.807, 2.05) is 11.5 Å². The van der Waals surface area contributed by atoms with Gasteiger partial charge in [-0.15, -0.1) is 0 Å². The molecule has 1 aliphatic carbocycles. The molecule has 0 saturated heterocycles. The minimum Gasteiger partial charge on any atom is -0.344 e. The molecule has 0 bridgehead atoms. The molecule has 4 heteroatoms. The number of ketones is 3. The topological polar surface area (TPSA) is 56.1 Å². The normalized spacial score (nSPS) is 14.6. The standard InChI is InChI=1S/C14H15NO3/c1-5-15-8(3)11(9(4)16)12-10(15)6-7(2)13(17)14(12)18/h6H,5H2,1-4H3. The summed E-state index contributed by atoms with van der Waals surface area (Å²) in [5.74, 6) is -1.26. The molecule has 0 amide bonds. The first kappa shape index (κ1) is 12.5. The van der Waals surface area contributed by atoms with E-state index in [1.165, 1.54) is 6.92 Å². The predicted molar refractivity (Wildman–Crippen MR) is 67.8 cm³/mol. The highest BCUT2D eigenvalue weighted by molar-refractivity contribution is 6.52. The van der Waals surface area contributed by atoms with Crippen molar-refractivity contribution in [1.29, 1.82) is 0 Å². The molecule has 94 valence electrons. The Morgan fingerprint density at radius 1 is 1.22 bits per heavy atom. The molecule has 0 aromatic carbocycles. The van der Waals surface area contributed by atoms with Gasteiger partial charge in [-0.1, -0.05) is 0 Å². The van der Waals surface area contributed by atoms with Crippen LogP contribution in [-0.2, 0) is 11.3 Å². The molecule has 0 fully saturated rings. The fourth-order valence-electron chi connectivity index (χ4n) is 2.54. The third-order valence-corrected chi connectivity index (χ3v) is 3.38. The number of allylic oxidation sites excluding steroid dienone is 1. The van der Waals surface area contributed by atoms with E-state index in [0.29, 0.717) is 23.4 Å². The second-order valence-corrected chi connectivity index (χ2v) is 4.51. The van der Waals surface area contributed by atoms with E-state index in [2.05, 4.69) is 0 Å². The summed E-state index contributed by atoms with van der Waals surface area (Å²) in [5.41, 5.74) is 2.52. The van der Waals surface area contributed by atoms with Crippen molar-refractivity contribution in [1.82, 2.24) is 4.57 Å². The zero-order chi connectivity index (χ0) is 13.6. The van der Waals surface area contributed by atoms with Gasteiger partial charge in [-0.2, -0.15) is 0 Å². The maximum Gasteiger partial charge on any atom is 0.236 e. The molecule has 4 nitrogen and oxygen atoms in total. The number of hydrogen-bond donors (Lipinski definition) is 0. The average Bonchev–Trinajstić information content (AvgIpc) is 2.58. The highest BCUT2D eigenvalue weighted by atomic mass is 16.2. The van der Waals surface area contributed by atoms with E-state index in [-0.39, 0.29) is 11.3 Å². The smallest absolute Gasteiger partial charge is 0.236 e. The summed E-state index contributed by atoms with van der Waals surface area (Å²) in [6.07, 6.45) is 1.70. The number of aromatic nitrogens is 1. The zero-order valence-electron chi connectivity index (χ0n) is 11.0. The predicted octanol–water partition coefficient (Wildman–Crippen LogP) is 2.19. The van der Waals surface area contributed by atoms with Gasteiger partial charge >= 0.3 is 0 Å². The molecule has 2 rings (SSSR count). The quantitative estimate of drug-likeness (QED) is 0.592. The molecule has 0 radical (unpaired) electrons. The molecule has 0 saturated carbocycles. The van der Waals surface area contributed by atoms with Crippen molar-refractivity contribution in [2.45, 2.75) is 34.2 Å². The minimum absolute atomic E-state index is 0.176. The third kappa shape index (κ3) is 1.49. The molecule has 0 atom stereocenters. The van der Waals surface area contributed by atoms with E-state index in [4.69, 9.17) is 0 Å². The Morgan fingerprint density at radius 3 is 2.33 bits per heavy atom. The van der Waals surface area contributed by atoms with Crippen LogP contribution >= 0.6 is 0 Å². The first-order valence-electron chi connectivity index (χ1n) is 5.91. The minimum atomic E-state index is -0.564. The summed E-state index contributed by atoms with van der Waals surface area (Å²) >= 11 is 0. The van der Waals surface area contributed by atoms with Gasteiger partial charge in [-0.25, -0.2) is 0 Å². The van der Waals surface area contributed by atoms with Gasteiger partial charge in [0.1, 0.15) is 0 Å². The first-order valence-corrected chi connectivity index (χ1v) is 5.91. The van der Waals surface area contributed by atoms with E-state index < -0.39 is 11.6 Å². The Morgan fingerprint density at radius 2 is 1.83 bits per heavy atom. The summed E-state index contributed by atoms with van der Waals surface area (Å²) < 4.78 is 1.90. The fraction of sp³-hybridized carbons (Fsp3) is 0.357. The molecule has 0 aliphatic heterocycles. The Balaban J connectivity index is 2.89. The molecule has 1 aromatic rings. The number of carbonyl (C=O) groups excluding carboxylic acids is 3. The molecular weight excluding hydrogens is 230 g/mol. The van der Waals surface area contributed by atoms with Gasteiger partial charge in [0, 0.05) is 23.4 Å². The molecule has 1 aliphatic rings. The summed E-state index contributed by atoms with van der Waals surface area (Å²) in [6.45, 7) is 7.46. The van der Waals surface area contributed by atoms with Crippen LogP contribution in [0, 0.1) is 6.92 Å². The number of nitrogens with zero attached hydrogens (tertiary/aromatic N) is 1. The van der Waals surface area contributed by atoms with Crippen molar-refractivity contribution >= 4 is 23.4 Å². The van der Waals surface area contributed by atoms with Crippen LogP contribution < -0.4 is 0 Å². The largest absolute Gasteiger partial charge is 0.344 e. The Labute approximate surface area is 105 Å². The first-order chi connectivity index (χ1) is 8.40. The third-order valence-electron chi connectivity index (χ3n) is 3.38. The van der Waals surface area contributed by atoms with E-state index >= 15 is 0 Å². The molecule has 0 N–H and O–H groups in total. The van der Waals surface area contributed by atoms with Crippen molar-refractivity contribution in [3.63, 3.8) is 0 Å². The number of rotatable bonds is 2. The highest BCUT2D eigenvalue weighted by Crippen LogP contribution is 2.30. The van der Waals surface area contributed by atoms with Crippen molar-refractivity contribution in [2.75, 3.05) is 0 Å². The molecule has 0 unspecified atom stereocenters. The van der Waals surface area contributed by atoms with Crippen molar-refractivity contribution in [2.24, 2.45) is 0 Å². The van der Waals surface area contributed by atoms with Gasteiger partial charge in [0.25, 0.3) is 0 Å². The summed E-state index contributed by atoms with van der Waals surface area (Å²) in [6, 6.07) is 0. The number of Topliss-reactive ketones (excluding diaryl/α,β-unsaturated/α-hetero) is 3. The maximum atomic E-state index is 12.1. The Bertz CT molecular complexity index is 617. The second-order valence-electron chi connectivity index (χ2n) is 4.51. The molecule has 18 heavy (non-hydrogen) atoms. The monoisotopic (exact) mass is 245 g/mol. The van der Waals surface area contributed by atoms with Gasteiger partial charge in [0.05, 0.1) is 11.3 Å². The van der Waals surface area contributed by atoms with E-state index in [9.17, 15) is 14.4 Å². The number of hydrogen-bond acceptors (Lipinski definition) is 3. The lowest BCUT2D eigenvalue weighted by Gasteiger charge is -2.11. The van der Waals surface area contributed by atoms with Crippen LogP contribution in [-0.4, -0.2) is 21.9 Å². The number of carbonyl (C=O) groups is 3. The number of fused-ring (bicyclic) bond motifs is 1. The van der Waals surface area contributed by atoms with Crippen molar-refractivity contribution in [3.05, 3.63) is 28.1 Å². The Hall–Kier alpha value is -1.97. The fourth-order valence-corrected chi connectivity index (χ4v) is 2.54. The molecule has 0 spiro atoms. The van der Waals surface area contributed by atoms with Crippen LogP contribution in [0.5, 0.6) is 0 Å². The van der Waals surface area contributed by atoms with Crippen LogP contribution in [0.25, 0.3) is 6.08 Å². The lowest BCUT2D eigenvalue weighted by molar-refractivity contribution is -0.111. The van der Waals surface area contributed by atoms with Crippen LogP contribution in [0.1, 0.15) is 52.9 Å². The summed E-state index contributed by atoms with van der Waals surface area (Å²) in [7, 11) is 0. The van der Waals surface area contributed by atoms with Crippen LogP contribution in [0.2, 0.25) is 0 Å². The van der Waals surface area contributed by atoms with Gasteiger partial charge in [-0.3, -0.25) is 14.4 Å². The summed E-state index contributed by atoms with van der Waals surface area (Å²) in [5, 5.41) is 0. The van der Waals surface area contributed by atoms with Crippen molar-refractivity contribution in [3.8, 4) is 0 Å². The van der Waals surface area contributed by atoms with Crippen LogP contribution in [0.3, 0.4) is 0 Å². The molecular formula is C14H15NO3. The van der Waals surface area contributed by atoms with Crippen LogP contribution in [0.4, 0.5) is 0 Å². The van der Waals surface area contributed by atoms with Crippen LogP contribution in [0.15, 0.2) is 5.57 Å². The van der Waals surface area contributed by atoms with E-state index in [1.54, 1.807) is 19.9 Å². The molecule has 1 aromatic heterocycles. The average molecular weight is 245 g/mol. The Kier molecular flexibility index (Phi) is 2.81. The maximum absolute atomic E-state index is 12.1. The van der Waals surface area contributed by atoms with Gasteiger partial charge in [0.2, 0.25) is 11.6 Å². The van der Waals surface area contributed by atoms with E-state index in [0.717, 1.165) is 5.69 Å². The van der Waals surface area contributed by atoms with Gasteiger partial charge in [-0.05, 0) is 33.8 Å².